The van der Waals surface area contributed by atoms with Crippen LogP contribution in [-0.2, 0) is 14.3 Å². The number of alkyl carbamates (subject to hydrolysis) is 1. The maximum Gasteiger partial charge on any atom is 0.408 e. The van der Waals surface area contributed by atoms with E-state index in [1.165, 1.54) is 0 Å². The second kappa shape index (κ2) is 11.8. The third kappa shape index (κ3) is 9.27. The number of nitrogens with one attached hydrogen (secondary N) is 2. The fraction of sp³-hybridized carbons (Fsp3) is 0.640. The largest absolute Gasteiger partial charge is 0.444 e. The highest BCUT2D eigenvalue weighted by Gasteiger charge is 2.38. The first-order valence-electron chi connectivity index (χ1n) is 11.4. The predicted octanol–water partition coefficient (Wildman–Crippen LogP) is 4.40. The molecule has 3 atom stereocenters. The number of nitrogens with zero attached hydrogens (tertiary/aromatic N) is 1. The van der Waals surface area contributed by atoms with Crippen LogP contribution in [0.4, 0.5) is 4.79 Å². The third-order valence-corrected chi connectivity index (χ3v) is 5.27. The number of rotatable bonds is 8. The highest BCUT2D eigenvalue weighted by atomic mass is 32.1. The summed E-state index contributed by atoms with van der Waals surface area (Å²) in [6.07, 6.45) is -0.0761. The van der Waals surface area contributed by atoms with E-state index in [-0.39, 0.29) is 23.6 Å². The lowest BCUT2D eigenvalue weighted by Crippen LogP contribution is -2.57. The zero-order chi connectivity index (χ0) is 25.6. The van der Waals surface area contributed by atoms with Gasteiger partial charge in [0, 0.05) is 17.3 Å². The quantitative estimate of drug-likeness (QED) is 0.482. The molecule has 0 aliphatic carbocycles. The van der Waals surface area contributed by atoms with Crippen molar-refractivity contribution in [1.82, 2.24) is 15.5 Å². The summed E-state index contributed by atoms with van der Waals surface area (Å²) in [5.41, 5.74) is 0.560. The molecule has 1 rings (SSSR count). The average Bonchev–Trinajstić information content (AvgIpc) is 2.67. The number of benzene rings is 1. The molecule has 0 saturated heterocycles. The van der Waals surface area contributed by atoms with Crippen LogP contribution in [0.15, 0.2) is 24.3 Å². The second-order valence-electron chi connectivity index (χ2n) is 10.4. The molecule has 0 bridgehead atoms. The molecule has 186 valence electrons. The molecule has 0 fully saturated rings. The Labute approximate surface area is 204 Å². The van der Waals surface area contributed by atoms with E-state index in [1.54, 1.807) is 25.7 Å². The molecule has 1 aromatic rings. The number of ether oxygens (including phenoxy) is 1. The van der Waals surface area contributed by atoms with Crippen molar-refractivity contribution >= 4 is 30.5 Å². The summed E-state index contributed by atoms with van der Waals surface area (Å²) in [5.74, 6) is -0.609. The van der Waals surface area contributed by atoms with Gasteiger partial charge in [-0.3, -0.25) is 9.59 Å². The predicted molar refractivity (Wildman–Crippen MR) is 135 cm³/mol. The lowest BCUT2D eigenvalue weighted by Gasteiger charge is -2.39. The van der Waals surface area contributed by atoms with Gasteiger partial charge in [0.25, 0.3) is 0 Å². The molecule has 2 N–H and O–H groups in total. The summed E-state index contributed by atoms with van der Waals surface area (Å²) in [4.78, 5) is 41.2. The minimum absolute atomic E-state index is 0.0620. The van der Waals surface area contributed by atoms with E-state index in [0.717, 1.165) is 5.56 Å². The van der Waals surface area contributed by atoms with Crippen LogP contribution >= 0.6 is 12.6 Å². The summed E-state index contributed by atoms with van der Waals surface area (Å²) < 4.78 is 5.32. The van der Waals surface area contributed by atoms with Gasteiger partial charge in [-0.15, -0.1) is 0 Å². The molecule has 3 unspecified atom stereocenters. The molecule has 3 amide bonds. The van der Waals surface area contributed by atoms with Gasteiger partial charge in [0.1, 0.15) is 17.7 Å². The van der Waals surface area contributed by atoms with Crippen molar-refractivity contribution < 1.29 is 19.1 Å². The van der Waals surface area contributed by atoms with E-state index < -0.39 is 29.3 Å². The maximum atomic E-state index is 13.8. The smallest absolute Gasteiger partial charge is 0.408 e. The number of carbonyl (C=O) groups is 3. The number of hydrogen-bond donors (Lipinski definition) is 3. The van der Waals surface area contributed by atoms with Crippen molar-refractivity contribution in [3.05, 3.63) is 35.4 Å². The van der Waals surface area contributed by atoms with Crippen LogP contribution in [0.2, 0.25) is 0 Å². The van der Waals surface area contributed by atoms with Gasteiger partial charge in [0.2, 0.25) is 11.8 Å². The summed E-state index contributed by atoms with van der Waals surface area (Å²) in [6, 6.07) is 5.48. The Kier molecular flexibility index (Phi) is 10.3. The van der Waals surface area contributed by atoms with Crippen molar-refractivity contribution in [2.75, 3.05) is 5.75 Å². The number of carbonyl (C=O) groups excluding carboxylic acids is 3. The SMILES string of the molecule is CCC(C)N(C(=O)C(CS)NC(=O)OC(C)(C)C)C(C(=O)NC(C)(C)C)c1ccc(C)cc1. The topological polar surface area (TPSA) is 87.7 Å². The zero-order valence-electron chi connectivity index (χ0n) is 21.5. The van der Waals surface area contributed by atoms with Crippen LogP contribution < -0.4 is 10.6 Å². The van der Waals surface area contributed by atoms with Crippen molar-refractivity contribution in [2.24, 2.45) is 0 Å². The van der Waals surface area contributed by atoms with Gasteiger partial charge < -0.3 is 20.3 Å². The number of hydrogen-bond acceptors (Lipinski definition) is 5. The lowest BCUT2D eigenvalue weighted by molar-refractivity contribution is -0.145. The number of thiol groups is 1. The molecule has 0 radical (unpaired) electrons. The van der Waals surface area contributed by atoms with E-state index in [1.807, 2.05) is 65.8 Å². The molecule has 7 nitrogen and oxygen atoms in total. The van der Waals surface area contributed by atoms with Crippen LogP contribution in [0.1, 0.15) is 79.0 Å². The van der Waals surface area contributed by atoms with Gasteiger partial charge >= 0.3 is 6.09 Å². The Morgan fingerprint density at radius 1 is 1.06 bits per heavy atom. The lowest BCUT2D eigenvalue weighted by atomic mass is 9.98. The van der Waals surface area contributed by atoms with Crippen molar-refractivity contribution in [2.45, 2.75) is 98.0 Å². The fourth-order valence-corrected chi connectivity index (χ4v) is 3.48. The van der Waals surface area contributed by atoms with E-state index in [9.17, 15) is 14.4 Å². The Morgan fingerprint density at radius 2 is 1.61 bits per heavy atom. The van der Waals surface area contributed by atoms with Gasteiger partial charge in [-0.1, -0.05) is 36.8 Å². The van der Waals surface area contributed by atoms with E-state index in [2.05, 4.69) is 23.3 Å². The Bertz CT molecular complexity index is 812. The molecule has 0 aromatic heterocycles. The Balaban J connectivity index is 3.44. The molecule has 0 aliphatic rings. The molecular weight excluding hydrogens is 438 g/mol. The first kappa shape index (κ1) is 28.8. The van der Waals surface area contributed by atoms with E-state index in [0.29, 0.717) is 12.0 Å². The highest BCUT2D eigenvalue weighted by molar-refractivity contribution is 7.80. The number of aryl methyl sites for hydroxylation is 1. The molecule has 0 saturated carbocycles. The molecule has 0 spiro atoms. The van der Waals surface area contributed by atoms with Crippen LogP contribution in [0.3, 0.4) is 0 Å². The van der Waals surface area contributed by atoms with Gasteiger partial charge in [0.15, 0.2) is 0 Å². The molecule has 8 heteroatoms. The minimum Gasteiger partial charge on any atom is -0.444 e. The van der Waals surface area contributed by atoms with Gasteiger partial charge in [-0.2, -0.15) is 12.6 Å². The first-order valence-corrected chi connectivity index (χ1v) is 12.0. The molecule has 0 aliphatic heterocycles. The average molecular weight is 480 g/mol. The maximum absolute atomic E-state index is 13.8. The molecule has 1 aromatic carbocycles. The van der Waals surface area contributed by atoms with Crippen LogP contribution in [0, 0.1) is 6.92 Å². The molecular formula is C25H41N3O4S. The Morgan fingerprint density at radius 3 is 2.03 bits per heavy atom. The summed E-state index contributed by atoms with van der Waals surface area (Å²) in [6.45, 7) is 16.8. The highest BCUT2D eigenvalue weighted by Crippen LogP contribution is 2.27. The Hall–Kier alpha value is -2.22. The monoisotopic (exact) mass is 479 g/mol. The second-order valence-corrected chi connectivity index (χ2v) is 10.8. The zero-order valence-corrected chi connectivity index (χ0v) is 22.4. The van der Waals surface area contributed by atoms with Gasteiger partial charge in [0.05, 0.1) is 0 Å². The van der Waals surface area contributed by atoms with E-state index in [4.69, 9.17) is 4.74 Å². The fourth-order valence-electron chi connectivity index (χ4n) is 3.24. The van der Waals surface area contributed by atoms with Crippen LogP contribution in [0.25, 0.3) is 0 Å². The standard InChI is InChI=1S/C25H41N3O4S/c1-10-17(3)28(22(30)19(15-33)26-23(31)32-25(7,8)9)20(21(29)27-24(4,5)6)18-13-11-16(2)12-14-18/h11-14,17,19-20,33H,10,15H2,1-9H3,(H,26,31)(H,27,29). The first-order chi connectivity index (χ1) is 15.1. The summed E-state index contributed by atoms with van der Waals surface area (Å²) >= 11 is 4.30. The van der Waals surface area contributed by atoms with Crippen LogP contribution in [0.5, 0.6) is 0 Å². The number of amides is 3. The molecule has 33 heavy (non-hydrogen) atoms. The summed E-state index contributed by atoms with van der Waals surface area (Å²) in [5, 5.41) is 5.64. The van der Waals surface area contributed by atoms with Crippen molar-refractivity contribution in [3.63, 3.8) is 0 Å². The normalized spacial score (nSPS) is 14.6. The van der Waals surface area contributed by atoms with Crippen LogP contribution in [-0.4, -0.2) is 51.8 Å². The van der Waals surface area contributed by atoms with Crippen molar-refractivity contribution in [3.8, 4) is 0 Å². The van der Waals surface area contributed by atoms with Crippen molar-refractivity contribution in [1.29, 1.82) is 0 Å². The van der Waals surface area contributed by atoms with Gasteiger partial charge in [-0.05, 0) is 67.4 Å². The van der Waals surface area contributed by atoms with E-state index >= 15 is 0 Å². The molecule has 0 heterocycles. The summed E-state index contributed by atoms with van der Waals surface area (Å²) in [7, 11) is 0. The minimum atomic E-state index is -0.951. The van der Waals surface area contributed by atoms with Gasteiger partial charge in [-0.25, -0.2) is 4.79 Å². The third-order valence-electron chi connectivity index (χ3n) is 4.91.